The van der Waals surface area contributed by atoms with Crippen LogP contribution in [0.1, 0.15) is 24.9 Å². The molecule has 1 fully saturated rings. The summed E-state index contributed by atoms with van der Waals surface area (Å²) < 4.78 is 0. The van der Waals surface area contributed by atoms with E-state index in [0.29, 0.717) is 6.42 Å². The summed E-state index contributed by atoms with van der Waals surface area (Å²) in [6, 6.07) is 3.96. The number of pyridine rings is 1. The lowest BCUT2D eigenvalue weighted by Gasteiger charge is -2.29. The van der Waals surface area contributed by atoms with E-state index in [-0.39, 0.29) is 18.1 Å². The summed E-state index contributed by atoms with van der Waals surface area (Å²) in [6.45, 7) is 1.93. The van der Waals surface area contributed by atoms with Crippen LogP contribution in [0.2, 0.25) is 0 Å². The molecule has 0 aliphatic carbocycles. The van der Waals surface area contributed by atoms with Crippen LogP contribution in [0, 0.1) is 0 Å². The molecule has 74 valence electrons. The average molecular weight is 191 g/mol. The van der Waals surface area contributed by atoms with Crippen molar-refractivity contribution in [1.29, 1.82) is 0 Å². The highest BCUT2D eigenvalue weighted by Gasteiger charge is 2.23. The van der Waals surface area contributed by atoms with Crippen LogP contribution >= 0.6 is 0 Å². The van der Waals surface area contributed by atoms with Crippen LogP contribution in [0.4, 0.5) is 0 Å². The van der Waals surface area contributed by atoms with Gasteiger partial charge in [-0.15, -0.1) is 0 Å². The van der Waals surface area contributed by atoms with E-state index in [2.05, 4.69) is 15.6 Å². The Hall–Kier alpha value is -1.42. The van der Waals surface area contributed by atoms with Crippen LogP contribution in [0.15, 0.2) is 24.5 Å². The number of rotatable bonds is 1. The second-order valence-electron chi connectivity index (χ2n) is 3.50. The smallest absolute Gasteiger partial charge is 0.223 e. The van der Waals surface area contributed by atoms with E-state index in [1.165, 1.54) is 0 Å². The van der Waals surface area contributed by atoms with Crippen molar-refractivity contribution in [2.75, 3.05) is 0 Å². The predicted octanol–water partition coefficient (Wildman–Crippen LogP) is 0.578. The summed E-state index contributed by atoms with van der Waals surface area (Å²) in [5, 5.41) is 6.10. The van der Waals surface area contributed by atoms with Gasteiger partial charge in [0.25, 0.3) is 0 Å². The molecule has 0 saturated carbocycles. The van der Waals surface area contributed by atoms with Crippen molar-refractivity contribution in [3.05, 3.63) is 30.1 Å². The number of carbonyl (C=O) groups excluding carboxylic acids is 1. The first-order valence-electron chi connectivity index (χ1n) is 4.71. The molecule has 2 N–H and O–H groups in total. The Bertz CT molecular complexity index is 325. The quantitative estimate of drug-likeness (QED) is 0.682. The molecular formula is C10H13N3O. The van der Waals surface area contributed by atoms with Gasteiger partial charge in [0.05, 0.1) is 6.17 Å². The second kappa shape index (κ2) is 3.75. The van der Waals surface area contributed by atoms with Gasteiger partial charge in [-0.05, 0) is 18.6 Å². The topological polar surface area (TPSA) is 54.0 Å². The number of hydrogen-bond acceptors (Lipinski definition) is 3. The summed E-state index contributed by atoms with van der Waals surface area (Å²) in [6.07, 6.45) is 4.04. The molecule has 2 rings (SSSR count). The summed E-state index contributed by atoms with van der Waals surface area (Å²) in [7, 11) is 0. The molecule has 0 bridgehead atoms. The van der Waals surface area contributed by atoms with E-state index in [1.807, 2.05) is 19.1 Å². The van der Waals surface area contributed by atoms with E-state index in [1.54, 1.807) is 12.4 Å². The second-order valence-corrected chi connectivity index (χ2v) is 3.50. The molecule has 1 aliphatic rings. The zero-order chi connectivity index (χ0) is 9.97. The van der Waals surface area contributed by atoms with Crippen LogP contribution in [0.25, 0.3) is 0 Å². The van der Waals surface area contributed by atoms with Crippen molar-refractivity contribution < 1.29 is 4.79 Å². The van der Waals surface area contributed by atoms with Gasteiger partial charge >= 0.3 is 0 Å². The van der Waals surface area contributed by atoms with Gasteiger partial charge in [0, 0.05) is 24.9 Å². The third-order valence-corrected chi connectivity index (χ3v) is 2.30. The van der Waals surface area contributed by atoms with E-state index < -0.39 is 0 Å². The first kappa shape index (κ1) is 9.15. The Morgan fingerprint density at radius 1 is 1.57 bits per heavy atom. The predicted molar refractivity (Wildman–Crippen MR) is 52.3 cm³/mol. The number of carbonyl (C=O) groups is 1. The molecule has 0 aromatic carbocycles. The zero-order valence-corrected chi connectivity index (χ0v) is 8.03. The van der Waals surface area contributed by atoms with Crippen molar-refractivity contribution in [2.45, 2.75) is 25.6 Å². The molecule has 4 heteroatoms. The summed E-state index contributed by atoms with van der Waals surface area (Å²) in [5.74, 6) is 0.0881. The lowest BCUT2D eigenvalue weighted by Crippen LogP contribution is -2.50. The van der Waals surface area contributed by atoms with Crippen molar-refractivity contribution >= 4 is 5.91 Å². The molecule has 1 aromatic rings. The van der Waals surface area contributed by atoms with Crippen molar-refractivity contribution in [2.24, 2.45) is 0 Å². The maximum Gasteiger partial charge on any atom is 0.223 e. The summed E-state index contributed by atoms with van der Waals surface area (Å²) >= 11 is 0. The molecule has 2 heterocycles. The number of nitrogens with zero attached hydrogens (tertiary/aromatic N) is 1. The Labute approximate surface area is 82.7 Å². The largest absolute Gasteiger partial charge is 0.341 e. The van der Waals surface area contributed by atoms with Gasteiger partial charge in [-0.1, -0.05) is 6.07 Å². The van der Waals surface area contributed by atoms with Crippen molar-refractivity contribution in [1.82, 2.24) is 15.6 Å². The van der Waals surface area contributed by atoms with E-state index >= 15 is 0 Å². The fraction of sp³-hybridized carbons (Fsp3) is 0.400. The highest BCUT2D eigenvalue weighted by atomic mass is 16.2. The Morgan fingerprint density at radius 3 is 3.07 bits per heavy atom. The van der Waals surface area contributed by atoms with Gasteiger partial charge in [0.1, 0.15) is 0 Å². The van der Waals surface area contributed by atoms with Gasteiger partial charge in [0.2, 0.25) is 5.91 Å². The minimum absolute atomic E-state index is 0.0291. The van der Waals surface area contributed by atoms with Gasteiger partial charge in [0.15, 0.2) is 0 Å². The highest BCUT2D eigenvalue weighted by molar-refractivity contribution is 5.77. The van der Waals surface area contributed by atoms with Gasteiger partial charge < -0.3 is 5.32 Å². The molecular weight excluding hydrogens is 178 g/mol. The molecule has 2 atom stereocenters. The van der Waals surface area contributed by atoms with Crippen LogP contribution in [-0.2, 0) is 4.79 Å². The van der Waals surface area contributed by atoms with Gasteiger partial charge in [-0.25, -0.2) is 0 Å². The highest BCUT2D eigenvalue weighted by Crippen LogP contribution is 2.18. The lowest BCUT2D eigenvalue weighted by molar-refractivity contribution is -0.124. The maximum atomic E-state index is 11.3. The van der Waals surface area contributed by atoms with Crippen molar-refractivity contribution in [3.8, 4) is 0 Å². The van der Waals surface area contributed by atoms with E-state index in [9.17, 15) is 4.79 Å². The molecule has 1 aromatic heterocycles. The minimum Gasteiger partial charge on any atom is -0.341 e. The number of nitrogens with one attached hydrogen (secondary N) is 2. The van der Waals surface area contributed by atoms with E-state index in [4.69, 9.17) is 0 Å². The van der Waals surface area contributed by atoms with Crippen molar-refractivity contribution in [3.63, 3.8) is 0 Å². The normalized spacial score (nSPS) is 27.1. The fourth-order valence-corrected chi connectivity index (χ4v) is 1.68. The standard InChI is InChI=1S/C10H13N3O/c1-7-12-9(5-10(14)13-7)8-3-2-4-11-6-8/h2-4,6-7,9,12H,5H2,1H3,(H,13,14). The Kier molecular flexibility index (Phi) is 2.45. The molecule has 2 unspecified atom stereocenters. The number of hydrogen-bond donors (Lipinski definition) is 2. The average Bonchev–Trinajstić information content (AvgIpc) is 2.18. The maximum absolute atomic E-state index is 11.3. The molecule has 14 heavy (non-hydrogen) atoms. The third-order valence-electron chi connectivity index (χ3n) is 2.30. The van der Waals surface area contributed by atoms with Gasteiger partial charge in [-0.3, -0.25) is 15.1 Å². The molecule has 0 spiro atoms. The van der Waals surface area contributed by atoms with Gasteiger partial charge in [-0.2, -0.15) is 0 Å². The molecule has 1 amide bonds. The molecule has 1 saturated heterocycles. The van der Waals surface area contributed by atoms with Crippen LogP contribution in [0.3, 0.4) is 0 Å². The lowest BCUT2D eigenvalue weighted by atomic mass is 10.0. The number of aromatic nitrogens is 1. The number of amides is 1. The molecule has 4 nitrogen and oxygen atoms in total. The van der Waals surface area contributed by atoms with Crippen LogP contribution < -0.4 is 10.6 Å². The summed E-state index contributed by atoms with van der Waals surface area (Å²) in [5.41, 5.74) is 1.06. The third kappa shape index (κ3) is 1.90. The Balaban J connectivity index is 2.15. The first-order valence-corrected chi connectivity index (χ1v) is 4.71. The molecule has 1 aliphatic heterocycles. The monoisotopic (exact) mass is 191 g/mol. The van der Waals surface area contributed by atoms with Crippen LogP contribution in [-0.4, -0.2) is 17.1 Å². The van der Waals surface area contributed by atoms with Crippen LogP contribution in [0.5, 0.6) is 0 Å². The molecule has 0 radical (unpaired) electrons. The first-order chi connectivity index (χ1) is 6.75. The zero-order valence-electron chi connectivity index (χ0n) is 8.03. The Morgan fingerprint density at radius 2 is 2.43 bits per heavy atom. The minimum atomic E-state index is 0.0291. The summed E-state index contributed by atoms with van der Waals surface area (Å²) in [4.78, 5) is 15.3. The fourth-order valence-electron chi connectivity index (χ4n) is 1.68. The SMILES string of the molecule is CC1NC(=O)CC(c2cccnc2)N1. The van der Waals surface area contributed by atoms with E-state index in [0.717, 1.165) is 5.56 Å².